The van der Waals surface area contributed by atoms with Crippen molar-refractivity contribution < 1.29 is 9.90 Å². The molecule has 1 fully saturated rings. The summed E-state index contributed by atoms with van der Waals surface area (Å²) in [5, 5.41) is 13.5. The molecular weight excluding hydrogens is 288 g/mol. The van der Waals surface area contributed by atoms with Crippen LogP contribution in [0.15, 0.2) is 18.2 Å². The molecule has 4 nitrogen and oxygen atoms in total. The standard InChI is InChI=1S/C16H23ClN2O2/c1-12-4-5-14(13(17)10-12)18-15(20)11-19-8-3-6-16(2,21)7-9-19/h4-5,10,21H,3,6-9,11H2,1-2H3,(H,18,20). The Morgan fingerprint density at radius 2 is 2.19 bits per heavy atom. The summed E-state index contributed by atoms with van der Waals surface area (Å²) in [6.07, 6.45) is 2.39. The molecule has 0 spiro atoms. The highest BCUT2D eigenvalue weighted by atomic mass is 35.5. The first-order valence-corrected chi connectivity index (χ1v) is 7.74. The third-order valence-corrected chi connectivity index (χ3v) is 4.23. The third kappa shape index (κ3) is 4.99. The Morgan fingerprint density at radius 1 is 1.43 bits per heavy atom. The molecule has 0 saturated carbocycles. The van der Waals surface area contributed by atoms with E-state index >= 15 is 0 Å². The molecular formula is C16H23ClN2O2. The molecule has 1 saturated heterocycles. The lowest BCUT2D eigenvalue weighted by molar-refractivity contribution is -0.117. The Bertz CT molecular complexity index is 517. The van der Waals surface area contributed by atoms with Crippen molar-refractivity contribution in [2.45, 2.75) is 38.7 Å². The summed E-state index contributed by atoms with van der Waals surface area (Å²) in [5.74, 6) is -0.0673. The Kier molecular flexibility index (Phi) is 5.25. The van der Waals surface area contributed by atoms with E-state index in [-0.39, 0.29) is 5.91 Å². The van der Waals surface area contributed by atoms with E-state index in [4.69, 9.17) is 11.6 Å². The zero-order valence-corrected chi connectivity index (χ0v) is 13.4. The SMILES string of the molecule is Cc1ccc(NC(=O)CN2CCCC(C)(O)CC2)c(Cl)c1. The lowest BCUT2D eigenvalue weighted by Gasteiger charge is -2.22. The molecule has 0 aromatic heterocycles. The van der Waals surface area contributed by atoms with E-state index in [0.717, 1.165) is 31.5 Å². The van der Waals surface area contributed by atoms with Crippen molar-refractivity contribution in [3.8, 4) is 0 Å². The quantitative estimate of drug-likeness (QED) is 0.902. The molecule has 5 heteroatoms. The Labute approximate surface area is 131 Å². The van der Waals surface area contributed by atoms with Crippen molar-refractivity contribution in [3.05, 3.63) is 28.8 Å². The van der Waals surface area contributed by atoms with Crippen LogP contribution >= 0.6 is 11.6 Å². The number of carbonyl (C=O) groups excluding carboxylic acids is 1. The molecule has 0 aliphatic carbocycles. The van der Waals surface area contributed by atoms with Gasteiger partial charge in [-0.2, -0.15) is 0 Å². The Balaban J connectivity index is 1.89. The number of rotatable bonds is 3. The topological polar surface area (TPSA) is 52.6 Å². The number of aliphatic hydroxyl groups is 1. The van der Waals surface area contributed by atoms with E-state index in [1.54, 1.807) is 0 Å². The summed E-state index contributed by atoms with van der Waals surface area (Å²) in [5.41, 5.74) is 1.10. The molecule has 0 radical (unpaired) electrons. The fraction of sp³-hybridized carbons (Fsp3) is 0.562. The maximum absolute atomic E-state index is 12.1. The number of nitrogens with zero attached hydrogens (tertiary/aromatic N) is 1. The maximum Gasteiger partial charge on any atom is 0.238 e. The highest BCUT2D eigenvalue weighted by Crippen LogP contribution is 2.23. The highest BCUT2D eigenvalue weighted by molar-refractivity contribution is 6.33. The van der Waals surface area contributed by atoms with E-state index in [2.05, 4.69) is 10.2 Å². The van der Waals surface area contributed by atoms with E-state index in [1.165, 1.54) is 0 Å². The van der Waals surface area contributed by atoms with Crippen molar-refractivity contribution in [2.75, 3.05) is 25.0 Å². The Hall–Kier alpha value is -1.10. The molecule has 21 heavy (non-hydrogen) atoms. The second-order valence-corrected chi connectivity index (χ2v) is 6.57. The molecule has 0 bridgehead atoms. The summed E-state index contributed by atoms with van der Waals surface area (Å²) in [6, 6.07) is 5.58. The number of nitrogens with one attached hydrogen (secondary N) is 1. The fourth-order valence-electron chi connectivity index (χ4n) is 2.59. The van der Waals surface area contributed by atoms with Crippen LogP contribution in [0, 0.1) is 6.92 Å². The van der Waals surface area contributed by atoms with Gasteiger partial charge in [0.1, 0.15) is 0 Å². The van der Waals surface area contributed by atoms with Gasteiger partial charge in [-0.05, 0) is 57.4 Å². The lowest BCUT2D eigenvalue weighted by atomic mass is 9.98. The molecule has 2 N–H and O–H groups in total. The molecule has 1 heterocycles. The monoisotopic (exact) mass is 310 g/mol. The van der Waals surface area contributed by atoms with Gasteiger partial charge in [-0.3, -0.25) is 9.69 Å². The number of hydrogen-bond acceptors (Lipinski definition) is 3. The maximum atomic E-state index is 12.1. The van der Waals surface area contributed by atoms with Gasteiger partial charge in [0.15, 0.2) is 0 Å². The molecule has 116 valence electrons. The molecule has 1 aromatic carbocycles. The smallest absolute Gasteiger partial charge is 0.238 e. The van der Waals surface area contributed by atoms with Crippen LogP contribution in [0.5, 0.6) is 0 Å². The molecule has 1 amide bonds. The van der Waals surface area contributed by atoms with Crippen molar-refractivity contribution in [3.63, 3.8) is 0 Å². The summed E-state index contributed by atoms with van der Waals surface area (Å²) in [4.78, 5) is 14.2. The number of anilines is 1. The minimum atomic E-state index is -0.606. The first-order chi connectivity index (χ1) is 9.85. The first-order valence-electron chi connectivity index (χ1n) is 7.36. The molecule has 1 aliphatic rings. The van der Waals surface area contributed by atoms with Crippen LogP contribution in [0.1, 0.15) is 31.7 Å². The van der Waals surface area contributed by atoms with Crippen LogP contribution in [0.2, 0.25) is 5.02 Å². The van der Waals surface area contributed by atoms with E-state index in [9.17, 15) is 9.90 Å². The highest BCUT2D eigenvalue weighted by Gasteiger charge is 2.25. The Morgan fingerprint density at radius 3 is 2.90 bits per heavy atom. The second-order valence-electron chi connectivity index (χ2n) is 6.16. The predicted molar refractivity (Wildman–Crippen MR) is 85.7 cm³/mol. The number of hydrogen-bond donors (Lipinski definition) is 2. The number of benzene rings is 1. The van der Waals surface area contributed by atoms with Gasteiger partial charge >= 0.3 is 0 Å². The zero-order valence-electron chi connectivity index (χ0n) is 12.7. The van der Waals surface area contributed by atoms with Crippen LogP contribution in [0.4, 0.5) is 5.69 Å². The van der Waals surface area contributed by atoms with Gasteiger partial charge in [0, 0.05) is 6.54 Å². The van der Waals surface area contributed by atoms with Gasteiger partial charge in [0.25, 0.3) is 0 Å². The summed E-state index contributed by atoms with van der Waals surface area (Å²) in [6.45, 7) is 5.73. The number of amides is 1. The van der Waals surface area contributed by atoms with Crippen LogP contribution in [-0.2, 0) is 4.79 Å². The largest absolute Gasteiger partial charge is 0.390 e. The van der Waals surface area contributed by atoms with Gasteiger partial charge in [0.05, 0.1) is 22.9 Å². The van der Waals surface area contributed by atoms with E-state index in [1.807, 2.05) is 32.0 Å². The minimum absolute atomic E-state index is 0.0673. The summed E-state index contributed by atoms with van der Waals surface area (Å²) >= 11 is 6.12. The van der Waals surface area contributed by atoms with Gasteiger partial charge < -0.3 is 10.4 Å². The normalized spacial score (nSPS) is 23.6. The van der Waals surface area contributed by atoms with Crippen molar-refractivity contribution in [1.82, 2.24) is 4.90 Å². The molecule has 1 aliphatic heterocycles. The van der Waals surface area contributed by atoms with Gasteiger partial charge in [-0.25, -0.2) is 0 Å². The second kappa shape index (κ2) is 6.77. The lowest BCUT2D eigenvalue weighted by Crippen LogP contribution is -2.35. The number of aryl methyl sites for hydroxylation is 1. The number of halogens is 1. The van der Waals surface area contributed by atoms with E-state index < -0.39 is 5.60 Å². The molecule has 1 atom stereocenters. The van der Waals surface area contributed by atoms with Crippen molar-refractivity contribution in [2.24, 2.45) is 0 Å². The summed E-state index contributed by atoms with van der Waals surface area (Å²) < 4.78 is 0. The van der Waals surface area contributed by atoms with Gasteiger partial charge in [-0.1, -0.05) is 17.7 Å². The zero-order chi connectivity index (χ0) is 15.5. The van der Waals surface area contributed by atoms with Crippen molar-refractivity contribution >= 4 is 23.2 Å². The third-order valence-electron chi connectivity index (χ3n) is 3.92. The average molecular weight is 311 g/mol. The first kappa shape index (κ1) is 16.3. The minimum Gasteiger partial charge on any atom is -0.390 e. The van der Waals surface area contributed by atoms with Gasteiger partial charge in [-0.15, -0.1) is 0 Å². The summed E-state index contributed by atoms with van der Waals surface area (Å²) in [7, 11) is 0. The number of carbonyl (C=O) groups is 1. The van der Waals surface area contributed by atoms with Crippen LogP contribution in [0.3, 0.4) is 0 Å². The van der Waals surface area contributed by atoms with Crippen LogP contribution in [0.25, 0.3) is 0 Å². The molecule has 1 aromatic rings. The molecule has 2 rings (SSSR count). The average Bonchev–Trinajstić information content (AvgIpc) is 2.54. The fourth-order valence-corrected chi connectivity index (χ4v) is 2.87. The molecule has 1 unspecified atom stereocenters. The predicted octanol–water partition coefficient (Wildman–Crippen LogP) is 2.82. The van der Waals surface area contributed by atoms with E-state index in [0.29, 0.717) is 23.7 Å². The van der Waals surface area contributed by atoms with Crippen molar-refractivity contribution in [1.29, 1.82) is 0 Å². The van der Waals surface area contributed by atoms with Crippen LogP contribution < -0.4 is 5.32 Å². The number of likely N-dealkylation sites (tertiary alicyclic amines) is 1. The van der Waals surface area contributed by atoms with Crippen LogP contribution in [-0.4, -0.2) is 41.1 Å². The van der Waals surface area contributed by atoms with Gasteiger partial charge in [0.2, 0.25) is 5.91 Å².